The Morgan fingerprint density at radius 3 is 2.43 bits per heavy atom. The molecule has 1 aliphatic rings. The van der Waals surface area contributed by atoms with Crippen molar-refractivity contribution in [2.24, 2.45) is 0 Å². The Kier molecular flexibility index (Phi) is 5.20. The predicted molar refractivity (Wildman–Crippen MR) is 79.7 cm³/mol. The van der Waals surface area contributed by atoms with E-state index in [1.165, 1.54) is 0 Å². The molecule has 21 heavy (non-hydrogen) atoms. The van der Waals surface area contributed by atoms with Crippen molar-refractivity contribution >= 4 is 12.0 Å². The number of benzene rings is 1. The van der Waals surface area contributed by atoms with E-state index in [0.29, 0.717) is 19.7 Å². The molecule has 1 fully saturated rings. The highest BCUT2D eigenvalue weighted by molar-refractivity contribution is 5.73. The number of carbonyl (C=O) groups excluding carboxylic acids is 2. The molecule has 5 heteroatoms. The lowest BCUT2D eigenvalue weighted by Crippen LogP contribution is -2.46. The molecule has 0 aromatic heterocycles. The number of hydrogen-bond donors (Lipinski definition) is 0. The van der Waals surface area contributed by atoms with Crippen LogP contribution in [-0.2, 0) is 16.1 Å². The van der Waals surface area contributed by atoms with Gasteiger partial charge in [-0.25, -0.2) is 4.79 Å². The second kappa shape index (κ2) is 7.11. The van der Waals surface area contributed by atoms with E-state index in [2.05, 4.69) is 0 Å². The van der Waals surface area contributed by atoms with Crippen molar-refractivity contribution in [1.82, 2.24) is 9.80 Å². The molecule has 1 aliphatic heterocycles. The molecular formula is C16H22N2O3. The minimum atomic E-state index is -0.275. The van der Waals surface area contributed by atoms with E-state index in [4.69, 9.17) is 4.74 Å². The second-order valence-electron chi connectivity index (χ2n) is 5.39. The van der Waals surface area contributed by atoms with Crippen LogP contribution >= 0.6 is 0 Å². The van der Waals surface area contributed by atoms with Gasteiger partial charge in [0.2, 0.25) is 5.91 Å². The molecule has 1 saturated heterocycles. The van der Waals surface area contributed by atoms with Gasteiger partial charge in [-0.1, -0.05) is 30.3 Å². The van der Waals surface area contributed by atoms with Crippen LogP contribution in [0.25, 0.3) is 0 Å². The molecule has 1 heterocycles. The molecule has 0 atom stereocenters. The van der Waals surface area contributed by atoms with Gasteiger partial charge in [0.15, 0.2) is 0 Å². The van der Waals surface area contributed by atoms with Crippen LogP contribution in [0.5, 0.6) is 0 Å². The Labute approximate surface area is 125 Å². The van der Waals surface area contributed by atoms with Gasteiger partial charge in [-0.05, 0) is 18.4 Å². The Balaban J connectivity index is 1.77. The summed E-state index contributed by atoms with van der Waals surface area (Å²) in [4.78, 5) is 26.8. The maximum absolute atomic E-state index is 12.0. The number of ether oxygens (including phenoxy) is 1. The average molecular weight is 290 g/mol. The van der Waals surface area contributed by atoms with Crippen LogP contribution in [0.1, 0.15) is 25.3 Å². The summed E-state index contributed by atoms with van der Waals surface area (Å²) in [5.74, 6) is 0.0695. The molecule has 1 aromatic carbocycles. The summed E-state index contributed by atoms with van der Waals surface area (Å²) in [5.41, 5.74) is 0.983. The van der Waals surface area contributed by atoms with Crippen molar-refractivity contribution < 1.29 is 14.3 Å². The van der Waals surface area contributed by atoms with Crippen LogP contribution in [0, 0.1) is 0 Å². The number of rotatable bonds is 3. The van der Waals surface area contributed by atoms with Crippen LogP contribution in [-0.4, -0.2) is 48.0 Å². The lowest BCUT2D eigenvalue weighted by molar-refractivity contribution is -0.130. The van der Waals surface area contributed by atoms with Gasteiger partial charge < -0.3 is 14.5 Å². The SMILES string of the molecule is CC(=O)N(C)C1CCN(C(=O)OCc2ccccc2)CC1. The van der Waals surface area contributed by atoms with Gasteiger partial charge in [0.25, 0.3) is 0 Å². The molecule has 0 saturated carbocycles. The molecule has 0 unspecified atom stereocenters. The number of hydrogen-bond acceptors (Lipinski definition) is 3. The van der Waals surface area contributed by atoms with Crippen molar-refractivity contribution in [3.63, 3.8) is 0 Å². The number of nitrogens with zero attached hydrogens (tertiary/aromatic N) is 2. The third kappa shape index (κ3) is 4.21. The molecule has 1 aromatic rings. The first-order valence-electron chi connectivity index (χ1n) is 7.27. The van der Waals surface area contributed by atoms with E-state index >= 15 is 0 Å². The summed E-state index contributed by atoms with van der Waals surface area (Å²) in [6.07, 6.45) is 1.33. The number of amides is 2. The molecule has 2 amide bonds. The van der Waals surface area contributed by atoms with Gasteiger partial charge in [0, 0.05) is 33.1 Å². The average Bonchev–Trinajstić information content (AvgIpc) is 2.53. The van der Waals surface area contributed by atoms with Gasteiger partial charge >= 0.3 is 6.09 Å². The fraction of sp³-hybridized carbons (Fsp3) is 0.500. The zero-order valence-electron chi connectivity index (χ0n) is 12.6. The summed E-state index contributed by atoms with van der Waals surface area (Å²) in [6, 6.07) is 9.86. The van der Waals surface area contributed by atoms with E-state index in [1.54, 1.807) is 16.7 Å². The fourth-order valence-corrected chi connectivity index (χ4v) is 2.50. The minimum Gasteiger partial charge on any atom is -0.445 e. The molecule has 0 N–H and O–H groups in total. The van der Waals surface area contributed by atoms with Gasteiger partial charge in [0.1, 0.15) is 6.61 Å². The highest BCUT2D eigenvalue weighted by Crippen LogP contribution is 2.16. The number of piperidine rings is 1. The topological polar surface area (TPSA) is 49.9 Å². The lowest BCUT2D eigenvalue weighted by atomic mass is 10.0. The summed E-state index contributed by atoms with van der Waals surface area (Å²) in [6.45, 7) is 3.14. The summed E-state index contributed by atoms with van der Waals surface area (Å²) < 4.78 is 5.32. The van der Waals surface area contributed by atoms with Crippen molar-refractivity contribution in [2.75, 3.05) is 20.1 Å². The minimum absolute atomic E-state index is 0.0695. The first-order valence-corrected chi connectivity index (χ1v) is 7.27. The molecule has 0 bridgehead atoms. The zero-order chi connectivity index (χ0) is 15.2. The van der Waals surface area contributed by atoms with Crippen LogP contribution in [0.3, 0.4) is 0 Å². The standard InChI is InChI=1S/C16H22N2O3/c1-13(19)17(2)15-8-10-18(11-9-15)16(20)21-12-14-6-4-3-5-7-14/h3-7,15H,8-12H2,1-2H3. The molecular weight excluding hydrogens is 268 g/mol. The fourth-order valence-electron chi connectivity index (χ4n) is 2.50. The molecule has 0 aliphatic carbocycles. The van der Waals surface area contributed by atoms with Crippen LogP contribution in [0.15, 0.2) is 30.3 Å². The van der Waals surface area contributed by atoms with E-state index in [0.717, 1.165) is 18.4 Å². The maximum atomic E-state index is 12.0. The van der Waals surface area contributed by atoms with Crippen LogP contribution < -0.4 is 0 Å². The Hall–Kier alpha value is -2.04. The quantitative estimate of drug-likeness (QED) is 0.858. The van der Waals surface area contributed by atoms with Gasteiger partial charge in [-0.3, -0.25) is 4.79 Å². The van der Waals surface area contributed by atoms with Crippen LogP contribution in [0.4, 0.5) is 4.79 Å². The largest absolute Gasteiger partial charge is 0.445 e. The van der Waals surface area contributed by atoms with E-state index in [1.807, 2.05) is 37.4 Å². The predicted octanol–water partition coefficient (Wildman–Crippen LogP) is 2.27. The van der Waals surface area contributed by atoms with E-state index in [9.17, 15) is 9.59 Å². The highest BCUT2D eigenvalue weighted by Gasteiger charge is 2.26. The molecule has 0 radical (unpaired) electrons. The molecule has 2 rings (SSSR count). The monoisotopic (exact) mass is 290 g/mol. The Bertz CT molecular complexity index is 482. The third-order valence-electron chi connectivity index (χ3n) is 3.97. The Morgan fingerprint density at radius 1 is 1.24 bits per heavy atom. The first kappa shape index (κ1) is 15.4. The first-order chi connectivity index (χ1) is 10.1. The molecule has 5 nitrogen and oxygen atoms in total. The zero-order valence-corrected chi connectivity index (χ0v) is 12.6. The van der Waals surface area contributed by atoms with Gasteiger partial charge in [-0.15, -0.1) is 0 Å². The van der Waals surface area contributed by atoms with Crippen molar-refractivity contribution in [3.05, 3.63) is 35.9 Å². The second-order valence-corrected chi connectivity index (χ2v) is 5.39. The number of carbonyl (C=O) groups is 2. The highest BCUT2D eigenvalue weighted by atomic mass is 16.6. The van der Waals surface area contributed by atoms with E-state index < -0.39 is 0 Å². The summed E-state index contributed by atoms with van der Waals surface area (Å²) in [7, 11) is 1.82. The van der Waals surface area contributed by atoms with Crippen molar-refractivity contribution in [2.45, 2.75) is 32.4 Å². The molecule has 0 spiro atoms. The molecule has 114 valence electrons. The van der Waals surface area contributed by atoms with Gasteiger partial charge in [0.05, 0.1) is 0 Å². The summed E-state index contributed by atoms with van der Waals surface area (Å²) >= 11 is 0. The number of likely N-dealkylation sites (tertiary alicyclic amines) is 1. The van der Waals surface area contributed by atoms with Gasteiger partial charge in [-0.2, -0.15) is 0 Å². The smallest absolute Gasteiger partial charge is 0.410 e. The third-order valence-corrected chi connectivity index (χ3v) is 3.97. The normalized spacial score (nSPS) is 15.6. The van der Waals surface area contributed by atoms with Crippen LogP contribution in [0.2, 0.25) is 0 Å². The lowest BCUT2D eigenvalue weighted by Gasteiger charge is -2.35. The van der Waals surface area contributed by atoms with Crippen molar-refractivity contribution in [1.29, 1.82) is 0 Å². The Morgan fingerprint density at radius 2 is 1.86 bits per heavy atom. The van der Waals surface area contributed by atoms with Crippen molar-refractivity contribution in [3.8, 4) is 0 Å². The maximum Gasteiger partial charge on any atom is 0.410 e. The summed E-state index contributed by atoms with van der Waals surface area (Å²) in [5, 5.41) is 0. The van der Waals surface area contributed by atoms with E-state index in [-0.39, 0.29) is 18.0 Å².